The summed E-state index contributed by atoms with van der Waals surface area (Å²) in [6.07, 6.45) is 79.2. The van der Waals surface area contributed by atoms with Crippen molar-refractivity contribution in [1.29, 1.82) is 0 Å². The summed E-state index contributed by atoms with van der Waals surface area (Å²) in [7, 11) is 1.41. The van der Waals surface area contributed by atoms with Gasteiger partial charge in [0.15, 0.2) is 6.10 Å². The van der Waals surface area contributed by atoms with Gasteiger partial charge in [0.25, 0.3) is 0 Å². The van der Waals surface area contributed by atoms with Crippen molar-refractivity contribution in [2.45, 2.75) is 200 Å². The van der Waals surface area contributed by atoms with Crippen molar-refractivity contribution in [1.82, 2.24) is 0 Å². The average molecular weight is 1050 g/mol. The maximum atomic E-state index is 12.8. The molecule has 10 heteroatoms. The first-order valence-electron chi connectivity index (χ1n) is 28.6. The van der Waals surface area contributed by atoms with Gasteiger partial charge in [0, 0.05) is 12.8 Å². The van der Waals surface area contributed by atoms with E-state index in [1.54, 1.807) is 0 Å². The fourth-order valence-electron chi connectivity index (χ4n) is 6.96. The minimum absolute atomic E-state index is 0.00942. The maximum absolute atomic E-state index is 12.8. The van der Waals surface area contributed by atoms with E-state index in [1.165, 1.54) is 38.5 Å². The molecule has 0 radical (unpaired) electrons. The topological polar surface area (TPSA) is 108 Å². The molecule has 0 amide bonds. The van der Waals surface area contributed by atoms with Crippen molar-refractivity contribution in [3.63, 3.8) is 0 Å². The number of unbranched alkanes of at least 4 members (excludes halogenated alkanes) is 12. The number of nitrogens with zero attached hydrogens (tertiary/aromatic N) is 1. The number of hydrogen-bond acceptors (Lipinski definition) is 7. The van der Waals surface area contributed by atoms with E-state index in [0.29, 0.717) is 30.3 Å². The van der Waals surface area contributed by atoms with Gasteiger partial charge in [-0.25, -0.2) is 4.57 Å². The Morgan fingerprint density at radius 2 is 0.784 bits per heavy atom. The number of rotatable bonds is 50. The summed E-state index contributed by atoms with van der Waals surface area (Å²) in [6.45, 7) is 4.20. The van der Waals surface area contributed by atoms with E-state index in [4.69, 9.17) is 18.5 Å². The standard InChI is InChI=1S/C64H104NO8P/c1-6-8-10-12-14-16-18-20-22-24-26-28-29-30-31-32-33-34-35-37-39-41-43-45-47-49-51-53-55-57-64(67)73-62(61-72-74(68,69)71-59-58-65(3,4)5)60-70-63(66)56-54-52-50-48-46-44-42-40-38-36-27-25-23-21-19-17-15-13-11-9-7-2/h8,10,14,16,19-22,25-28,30-31,33-34,37-40,43,45,49,51,62H,6-7,9,11-13,15,17-18,23-24,29,32,35-36,41-42,44,46-48,50,52-61H2,1-5H3/p+1/b10-8-,16-14-,21-19-,22-20-,27-25-,28-26-,31-30-,34-33-,39-37-,40-38-,45-43-,51-49-. The molecule has 0 spiro atoms. The highest BCUT2D eigenvalue weighted by molar-refractivity contribution is 7.47. The first kappa shape index (κ1) is 69.9. The maximum Gasteiger partial charge on any atom is 0.472 e. The summed E-state index contributed by atoms with van der Waals surface area (Å²) in [4.78, 5) is 35.6. The summed E-state index contributed by atoms with van der Waals surface area (Å²) in [6, 6.07) is 0. The average Bonchev–Trinajstić information content (AvgIpc) is 3.36. The molecule has 2 atom stereocenters. The van der Waals surface area contributed by atoms with Crippen LogP contribution in [0.5, 0.6) is 0 Å². The summed E-state index contributed by atoms with van der Waals surface area (Å²) < 4.78 is 34.4. The normalized spacial score (nSPS) is 14.4. The van der Waals surface area contributed by atoms with Gasteiger partial charge in [-0.1, -0.05) is 211 Å². The summed E-state index contributed by atoms with van der Waals surface area (Å²) in [5.74, 6) is -0.895. The first-order valence-corrected chi connectivity index (χ1v) is 30.1. The molecule has 0 aromatic carbocycles. The second-order valence-electron chi connectivity index (χ2n) is 19.6. The summed E-state index contributed by atoms with van der Waals surface area (Å²) in [5.41, 5.74) is 0. The Bertz CT molecular complexity index is 1760. The zero-order chi connectivity index (χ0) is 54.2. The molecule has 0 aromatic heterocycles. The molecule has 0 aliphatic rings. The molecular formula is C64H105NO8P+. The van der Waals surface area contributed by atoms with Crippen LogP contribution in [-0.2, 0) is 32.7 Å². The van der Waals surface area contributed by atoms with Gasteiger partial charge in [-0.05, 0) is 116 Å². The van der Waals surface area contributed by atoms with Crippen LogP contribution < -0.4 is 0 Å². The largest absolute Gasteiger partial charge is 0.472 e. The smallest absolute Gasteiger partial charge is 0.462 e. The lowest BCUT2D eigenvalue weighted by molar-refractivity contribution is -0.870. The fourth-order valence-corrected chi connectivity index (χ4v) is 7.70. The van der Waals surface area contributed by atoms with Gasteiger partial charge < -0.3 is 18.9 Å². The monoisotopic (exact) mass is 1050 g/mol. The Balaban J connectivity index is 4.38. The van der Waals surface area contributed by atoms with Crippen LogP contribution in [0.2, 0.25) is 0 Å². The van der Waals surface area contributed by atoms with Crippen LogP contribution in [0.1, 0.15) is 194 Å². The van der Waals surface area contributed by atoms with Gasteiger partial charge in [-0.15, -0.1) is 0 Å². The second kappa shape index (κ2) is 53.7. The molecule has 0 aromatic rings. The predicted molar refractivity (Wildman–Crippen MR) is 316 cm³/mol. The fraction of sp³-hybridized carbons (Fsp3) is 0.594. The molecular weight excluding hydrogens is 942 g/mol. The van der Waals surface area contributed by atoms with Gasteiger partial charge in [-0.2, -0.15) is 0 Å². The number of esters is 2. The third-order valence-electron chi connectivity index (χ3n) is 11.4. The van der Waals surface area contributed by atoms with E-state index in [2.05, 4.69) is 154 Å². The number of phosphoric acid groups is 1. The zero-order valence-corrected chi connectivity index (χ0v) is 48.2. The van der Waals surface area contributed by atoms with E-state index in [-0.39, 0.29) is 26.1 Å². The first-order chi connectivity index (χ1) is 36.0. The SMILES string of the molecule is CC/C=C\C/C=C\C/C=C\C/C=C\C/C=C\C/C=C\C/C=C\C/C=C\C/C=C\CCCC(=O)OC(COC(=O)CCCCCCCC/C=C\C/C=C\C/C=C\CCCCCCC)COP(=O)(O)OCC[N+](C)(C)C. The van der Waals surface area contributed by atoms with Crippen molar-refractivity contribution in [2.75, 3.05) is 47.5 Å². The highest BCUT2D eigenvalue weighted by Crippen LogP contribution is 2.43. The zero-order valence-electron chi connectivity index (χ0n) is 47.3. The van der Waals surface area contributed by atoms with Crippen LogP contribution in [0.25, 0.3) is 0 Å². The minimum atomic E-state index is -4.42. The molecule has 0 aliphatic carbocycles. The molecule has 0 saturated heterocycles. The van der Waals surface area contributed by atoms with E-state index >= 15 is 0 Å². The van der Waals surface area contributed by atoms with Gasteiger partial charge in [0.1, 0.15) is 19.8 Å². The number of allylic oxidation sites excluding steroid dienone is 24. The van der Waals surface area contributed by atoms with E-state index in [0.717, 1.165) is 109 Å². The lowest BCUT2D eigenvalue weighted by atomic mass is 10.1. The summed E-state index contributed by atoms with van der Waals surface area (Å²) in [5, 5.41) is 0. The molecule has 2 unspecified atom stereocenters. The van der Waals surface area contributed by atoms with Gasteiger partial charge in [0.05, 0.1) is 27.7 Å². The Morgan fingerprint density at radius 3 is 1.19 bits per heavy atom. The number of phosphoric ester groups is 1. The second-order valence-corrected chi connectivity index (χ2v) is 21.0. The molecule has 0 aliphatic heterocycles. The number of hydrogen-bond donors (Lipinski definition) is 1. The van der Waals surface area contributed by atoms with Crippen molar-refractivity contribution < 1.29 is 42.1 Å². The molecule has 0 heterocycles. The molecule has 9 nitrogen and oxygen atoms in total. The Hall–Kier alpha value is -4.11. The highest BCUT2D eigenvalue weighted by Gasteiger charge is 2.27. The lowest BCUT2D eigenvalue weighted by Gasteiger charge is -2.24. The quantitative estimate of drug-likeness (QED) is 0.0211. The predicted octanol–water partition coefficient (Wildman–Crippen LogP) is 17.9. The molecule has 0 fully saturated rings. The van der Waals surface area contributed by atoms with Crippen LogP contribution in [0, 0.1) is 0 Å². The Labute approximate surface area is 453 Å². The number of likely N-dealkylation sites (N-methyl/N-ethyl adjacent to an activating group) is 1. The highest BCUT2D eigenvalue weighted by atomic mass is 31.2. The lowest BCUT2D eigenvalue weighted by Crippen LogP contribution is -2.37. The van der Waals surface area contributed by atoms with Gasteiger partial charge in [-0.3, -0.25) is 18.6 Å². The Kier molecular flexibility index (Phi) is 50.7. The van der Waals surface area contributed by atoms with Crippen molar-refractivity contribution >= 4 is 19.8 Å². The molecule has 0 saturated carbocycles. The molecule has 0 rings (SSSR count). The van der Waals surface area contributed by atoms with E-state index < -0.39 is 32.5 Å². The number of carbonyl (C=O) groups is 2. The Morgan fingerprint density at radius 1 is 0.432 bits per heavy atom. The molecule has 74 heavy (non-hydrogen) atoms. The molecule has 418 valence electrons. The molecule has 1 N–H and O–H groups in total. The van der Waals surface area contributed by atoms with Crippen LogP contribution in [-0.4, -0.2) is 74.9 Å². The van der Waals surface area contributed by atoms with Gasteiger partial charge in [0.2, 0.25) is 0 Å². The summed E-state index contributed by atoms with van der Waals surface area (Å²) >= 11 is 0. The van der Waals surface area contributed by atoms with Crippen LogP contribution in [0.15, 0.2) is 146 Å². The third kappa shape index (κ3) is 57.2. The third-order valence-corrected chi connectivity index (χ3v) is 12.3. The van der Waals surface area contributed by atoms with E-state index in [1.807, 2.05) is 27.2 Å². The van der Waals surface area contributed by atoms with Crippen LogP contribution >= 0.6 is 7.82 Å². The number of quaternary nitrogens is 1. The minimum Gasteiger partial charge on any atom is -0.462 e. The van der Waals surface area contributed by atoms with Crippen molar-refractivity contribution in [3.8, 4) is 0 Å². The van der Waals surface area contributed by atoms with Crippen molar-refractivity contribution in [2.24, 2.45) is 0 Å². The van der Waals surface area contributed by atoms with Crippen molar-refractivity contribution in [3.05, 3.63) is 146 Å². The number of carbonyl (C=O) groups excluding carboxylic acids is 2. The van der Waals surface area contributed by atoms with Gasteiger partial charge >= 0.3 is 19.8 Å². The van der Waals surface area contributed by atoms with Crippen LogP contribution in [0.4, 0.5) is 0 Å². The van der Waals surface area contributed by atoms with E-state index in [9.17, 15) is 19.0 Å². The number of ether oxygens (including phenoxy) is 2. The van der Waals surface area contributed by atoms with Crippen LogP contribution in [0.3, 0.4) is 0 Å². The molecule has 0 bridgehead atoms.